The monoisotopic (exact) mass is 464 g/mol. The van der Waals surface area contributed by atoms with Gasteiger partial charge in [0.25, 0.3) is 0 Å². The highest BCUT2D eigenvalue weighted by atomic mass is 35.5. The molecule has 1 aliphatic heterocycles. The Labute approximate surface area is 194 Å². The summed E-state index contributed by atoms with van der Waals surface area (Å²) in [6.07, 6.45) is -0.877. The minimum Gasteiger partial charge on any atom is -0.448 e. The van der Waals surface area contributed by atoms with E-state index in [9.17, 15) is 4.39 Å². The first-order valence-corrected chi connectivity index (χ1v) is 11.3. The molecule has 2 heterocycles. The van der Waals surface area contributed by atoms with Crippen molar-refractivity contribution in [1.82, 2.24) is 15.2 Å². The average molecular weight is 465 g/mol. The standard InChI is InChI=1S/C24H18ClFN4OS/c1-14-9-11-15(12-10-14)13-32-24-28-23-21(29-30-24)16-5-2-3-8-19(16)27-22(31-23)20-17(25)6-4-7-18(20)26/h2-12,22,27H,13H2,1H3. The maximum absolute atomic E-state index is 14.7. The van der Waals surface area contributed by atoms with Crippen LogP contribution in [0.25, 0.3) is 11.3 Å². The molecule has 0 saturated carbocycles. The van der Waals surface area contributed by atoms with Crippen molar-refractivity contribution in [3.63, 3.8) is 0 Å². The Morgan fingerprint density at radius 1 is 1.03 bits per heavy atom. The van der Waals surface area contributed by atoms with Crippen LogP contribution in [0.15, 0.2) is 71.9 Å². The molecule has 0 spiro atoms. The lowest BCUT2D eigenvalue weighted by molar-refractivity contribution is 0.220. The minimum absolute atomic E-state index is 0.212. The Morgan fingerprint density at radius 2 is 1.84 bits per heavy atom. The number of aromatic nitrogens is 3. The van der Waals surface area contributed by atoms with Crippen LogP contribution in [-0.4, -0.2) is 15.2 Å². The van der Waals surface area contributed by atoms with E-state index in [2.05, 4.69) is 51.7 Å². The number of thioether (sulfide) groups is 1. The number of fused-ring (bicyclic) bond motifs is 3. The third kappa shape index (κ3) is 4.13. The third-order valence-corrected chi connectivity index (χ3v) is 6.32. The lowest BCUT2D eigenvalue weighted by Crippen LogP contribution is -2.19. The van der Waals surface area contributed by atoms with Crippen molar-refractivity contribution >= 4 is 29.1 Å². The SMILES string of the molecule is Cc1ccc(CSc2nnc3c(n2)OC(c2c(F)cccc2Cl)Nc2ccccc2-3)cc1. The van der Waals surface area contributed by atoms with Gasteiger partial charge in [-0.2, -0.15) is 4.98 Å². The molecule has 0 amide bonds. The van der Waals surface area contributed by atoms with Crippen LogP contribution in [0.4, 0.5) is 10.1 Å². The summed E-state index contributed by atoms with van der Waals surface area (Å²) in [5.41, 5.74) is 4.56. The van der Waals surface area contributed by atoms with Crippen molar-refractivity contribution < 1.29 is 9.13 Å². The van der Waals surface area contributed by atoms with E-state index in [0.29, 0.717) is 16.6 Å². The number of nitrogens with zero attached hydrogens (tertiary/aromatic N) is 3. The second-order valence-corrected chi connectivity index (χ2v) is 8.70. The van der Waals surface area contributed by atoms with Gasteiger partial charge in [-0.25, -0.2) is 4.39 Å². The summed E-state index contributed by atoms with van der Waals surface area (Å²) in [7, 11) is 0. The molecule has 1 N–H and O–H groups in total. The zero-order valence-corrected chi connectivity index (χ0v) is 18.6. The predicted molar refractivity (Wildman–Crippen MR) is 124 cm³/mol. The maximum Gasteiger partial charge on any atom is 0.247 e. The Bertz CT molecular complexity index is 1270. The molecule has 1 atom stereocenters. The quantitative estimate of drug-likeness (QED) is 0.351. The molecule has 1 aliphatic rings. The summed E-state index contributed by atoms with van der Waals surface area (Å²) >= 11 is 7.78. The van der Waals surface area contributed by atoms with E-state index in [4.69, 9.17) is 16.3 Å². The predicted octanol–water partition coefficient (Wildman–Crippen LogP) is 6.43. The molecule has 5 rings (SSSR count). The molecule has 0 radical (unpaired) electrons. The normalized spacial score (nSPS) is 14.5. The largest absolute Gasteiger partial charge is 0.448 e. The number of aryl methyl sites for hydroxylation is 1. The zero-order valence-electron chi connectivity index (χ0n) is 17.0. The number of para-hydroxylation sites is 1. The lowest BCUT2D eigenvalue weighted by Gasteiger charge is -2.20. The highest BCUT2D eigenvalue weighted by Crippen LogP contribution is 2.41. The molecule has 3 aromatic carbocycles. The number of hydrogen-bond donors (Lipinski definition) is 1. The van der Waals surface area contributed by atoms with Crippen LogP contribution in [0.3, 0.4) is 0 Å². The van der Waals surface area contributed by atoms with E-state index in [1.807, 2.05) is 24.3 Å². The van der Waals surface area contributed by atoms with E-state index < -0.39 is 12.0 Å². The van der Waals surface area contributed by atoms with Crippen LogP contribution in [0.5, 0.6) is 5.88 Å². The van der Waals surface area contributed by atoms with Gasteiger partial charge in [0.2, 0.25) is 17.3 Å². The van der Waals surface area contributed by atoms with Gasteiger partial charge in [-0.15, -0.1) is 10.2 Å². The zero-order chi connectivity index (χ0) is 22.1. The van der Waals surface area contributed by atoms with Gasteiger partial charge in [0.1, 0.15) is 5.82 Å². The summed E-state index contributed by atoms with van der Waals surface area (Å²) < 4.78 is 20.8. The van der Waals surface area contributed by atoms with E-state index in [1.165, 1.54) is 23.4 Å². The molecule has 5 nitrogen and oxygen atoms in total. The molecule has 8 heteroatoms. The summed E-state index contributed by atoms with van der Waals surface area (Å²) in [5.74, 6) is 0.498. The third-order valence-electron chi connectivity index (χ3n) is 5.08. The van der Waals surface area contributed by atoms with Crippen LogP contribution in [0.2, 0.25) is 5.02 Å². The highest BCUT2D eigenvalue weighted by molar-refractivity contribution is 7.98. The number of anilines is 1. The number of halogens is 2. The fourth-order valence-electron chi connectivity index (χ4n) is 3.43. The first kappa shape index (κ1) is 20.7. The fraction of sp³-hybridized carbons (Fsp3) is 0.125. The number of nitrogens with one attached hydrogen (secondary N) is 1. The van der Waals surface area contributed by atoms with Gasteiger partial charge in [-0.05, 0) is 30.7 Å². The molecule has 1 unspecified atom stereocenters. The number of ether oxygens (including phenoxy) is 1. The second-order valence-electron chi connectivity index (χ2n) is 7.35. The summed E-state index contributed by atoms with van der Waals surface area (Å²) in [6, 6.07) is 20.4. The van der Waals surface area contributed by atoms with Crippen LogP contribution in [0.1, 0.15) is 22.9 Å². The van der Waals surface area contributed by atoms with E-state index in [0.717, 1.165) is 16.8 Å². The topological polar surface area (TPSA) is 59.9 Å². The molecule has 4 aromatic rings. The van der Waals surface area contributed by atoms with Gasteiger partial charge in [0.15, 0.2) is 5.69 Å². The number of rotatable bonds is 4. The Balaban J connectivity index is 1.51. The van der Waals surface area contributed by atoms with E-state index >= 15 is 0 Å². The number of hydrogen-bond acceptors (Lipinski definition) is 6. The van der Waals surface area contributed by atoms with Gasteiger partial charge in [-0.1, -0.05) is 77.5 Å². The van der Waals surface area contributed by atoms with Gasteiger partial charge in [0.05, 0.1) is 10.6 Å². The molecular weight excluding hydrogens is 447 g/mol. The molecule has 1 aromatic heterocycles. The molecule has 0 bridgehead atoms. The summed E-state index contributed by atoms with van der Waals surface area (Å²) in [5, 5.41) is 12.7. The summed E-state index contributed by atoms with van der Waals surface area (Å²) in [6.45, 7) is 2.05. The molecule has 0 aliphatic carbocycles. The molecule has 32 heavy (non-hydrogen) atoms. The van der Waals surface area contributed by atoms with Crippen LogP contribution >= 0.6 is 23.4 Å². The number of benzene rings is 3. The summed E-state index contributed by atoms with van der Waals surface area (Å²) in [4.78, 5) is 4.60. The van der Waals surface area contributed by atoms with Crippen molar-refractivity contribution in [3.05, 3.63) is 94.3 Å². The maximum atomic E-state index is 14.7. The Morgan fingerprint density at radius 3 is 2.66 bits per heavy atom. The Kier molecular flexibility index (Phi) is 5.68. The molecule has 160 valence electrons. The lowest BCUT2D eigenvalue weighted by atomic mass is 10.1. The minimum atomic E-state index is -0.877. The van der Waals surface area contributed by atoms with Gasteiger partial charge < -0.3 is 10.1 Å². The van der Waals surface area contributed by atoms with Gasteiger partial charge in [-0.3, -0.25) is 0 Å². The molecule has 0 saturated heterocycles. The van der Waals surface area contributed by atoms with Crippen molar-refractivity contribution in [2.45, 2.75) is 24.1 Å². The first-order chi connectivity index (χ1) is 15.6. The van der Waals surface area contributed by atoms with Gasteiger partial charge >= 0.3 is 0 Å². The van der Waals surface area contributed by atoms with Crippen LogP contribution < -0.4 is 10.1 Å². The highest BCUT2D eigenvalue weighted by Gasteiger charge is 2.29. The van der Waals surface area contributed by atoms with Gasteiger partial charge in [0, 0.05) is 17.0 Å². The Hall–Kier alpha value is -3.16. The smallest absolute Gasteiger partial charge is 0.247 e. The van der Waals surface area contributed by atoms with Crippen LogP contribution in [0, 0.1) is 12.7 Å². The van der Waals surface area contributed by atoms with Crippen LogP contribution in [-0.2, 0) is 5.75 Å². The van der Waals surface area contributed by atoms with E-state index in [-0.39, 0.29) is 16.5 Å². The van der Waals surface area contributed by atoms with E-state index in [1.54, 1.807) is 12.1 Å². The van der Waals surface area contributed by atoms with Crippen molar-refractivity contribution in [2.75, 3.05) is 5.32 Å². The first-order valence-electron chi connectivity index (χ1n) is 9.98. The van der Waals surface area contributed by atoms with Crippen molar-refractivity contribution in [2.24, 2.45) is 0 Å². The average Bonchev–Trinajstić information content (AvgIpc) is 2.95. The van der Waals surface area contributed by atoms with Crippen molar-refractivity contribution in [1.29, 1.82) is 0 Å². The molecular formula is C24H18ClFN4OS. The fourth-order valence-corrected chi connectivity index (χ4v) is 4.43. The van der Waals surface area contributed by atoms with Crippen molar-refractivity contribution in [3.8, 4) is 17.1 Å². The second kappa shape index (κ2) is 8.76. The molecule has 0 fully saturated rings.